The number of nitrogens with zero attached hydrogens (tertiary/aromatic N) is 1. The number of rotatable bonds is 5. The predicted octanol–water partition coefficient (Wildman–Crippen LogP) is 1.65. The minimum atomic E-state index is -0.809. The van der Waals surface area contributed by atoms with Crippen LogP contribution in [0, 0.1) is 5.92 Å². The summed E-state index contributed by atoms with van der Waals surface area (Å²) < 4.78 is 0. The summed E-state index contributed by atoms with van der Waals surface area (Å²) in [5.74, 6) is 0.236. The highest BCUT2D eigenvalue weighted by Gasteiger charge is 2.23. The molecule has 0 aliphatic rings. The second-order valence-electron chi connectivity index (χ2n) is 4.52. The monoisotopic (exact) mass is 201 g/mol. The third-order valence-corrected chi connectivity index (χ3v) is 2.34. The summed E-state index contributed by atoms with van der Waals surface area (Å²) in [5, 5.41) is 9.57. The standard InChI is InChI=1S/C11H23NO2/c1-6-9(7-2)10(13)12(5)8-11(3,4)14/h9,14H,6-8H2,1-5H3. The molecule has 0 aliphatic heterocycles. The van der Waals surface area contributed by atoms with E-state index in [2.05, 4.69) is 0 Å². The second kappa shape index (κ2) is 5.35. The summed E-state index contributed by atoms with van der Waals surface area (Å²) in [6, 6.07) is 0. The van der Waals surface area contributed by atoms with Crippen LogP contribution >= 0.6 is 0 Å². The minimum Gasteiger partial charge on any atom is -0.389 e. The summed E-state index contributed by atoms with van der Waals surface area (Å²) in [4.78, 5) is 13.4. The van der Waals surface area contributed by atoms with Crippen molar-refractivity contribution in [2.75, 3.05) is 13.6 Å². The molecule has 0 saturated carbocycles. The van der Waals surface area contributed by atoms with E-state index in [9.17, 15) is 9.90 Å². The zero-order valence-electron chi connectivity index (χ0n) is 10.0. The van der Waals surface area contributed by atoms with E-state index in [4.69, 9.17) is 0 Å². The molecule has 14 heavy (non-hydrogen) atoms. The minimum absolute atomic E-state index is 0.0994. The van der Waals surface area contributed by atoms with Gasteiger partial charge in [0.2, 0.25) is 5.91 Å². The van der Waals surface area contributed by atoms with Crippen LogP contribution in [0.15, 0.2) is 0 Å². The first-order valence-electron chi connectivity index (χ1n) is 5.29. The van der Waals surface area contributed by atoms with Crippen molar-refractivity contribution in [1.29, 1.82) is 0 Å². The molecule has 0 radical (unpaired) electrons. The molecule has 0 aromatic rings. The first kappa shape index (κ1) is 13.4. The Morgan fingerprint density at radius 2 is 1.79 bits per heavy atom. The second-order valence-corrected chi connectivity index (χ2v) is 4.52. The Kier molecular flexibility index (Phi) is 5.13. The van der Waals surface area contributed by atoms with Crippen molar-refractivity contribution in [3.8, 4) is 0 Å². The quantitative estimate of drug-likeness (QED) is 0.734. The molecule has 0 atom stereocenters. The molecule has 0 heterocycles. The van der Waals surface area contributed by atoms with Gasteiger partial charge in [-0.15, -0.1) is 0 Å². The van der Waals surface area contributed by atoms with Crippen LogP contribution in [0.5, 0.6) is 0 Å². The molecule has 0 aromatic carbocycles. The fourth-order valence-corrected chi connectivity index (χ4v) is 1.61. The summed E-state index contributed by atoms with van der Waals surface area (Å²) >= 11 is 0. The molecule has 1 N–H and O–H groups in total. The molecule has 1 amide bonds. The summed E-state index contributed by atoms with van der Waals surface area (Å²) in [7, 11) is 1.75. The van der Waals surface area contributed by atoms with Crippen molar-refractivity contribution < 1.29 is 9.90 Å². The van der Waals surface area contributed by atoms with Crippen LogP contribution in [-0.4, -0.2) is 35.1 Å². The molecule has 3 heteroatoms. The van der Waals surface area contributed by atoms with E-state index in [0.29, 0.717) is 6.54 Å². The Balaban J connectivity index is 4.24. The molecule has 0 aromatic heterocycles. The molecule has 0 saturated heterocycles. The fourth-order valence-electron chi connectivity index (χ4n) is 1.61. The number of aliphatic hydroxyl groups is 1. The molecule has 0 unspecified atom stereocenters. The predicted molar refractivity (Wildman–Crippen MR) is 58.0 cm³/mol. The SMILES string of the molecule is CCC(CC)C(=O)N(C)CC(C)(C)O. The van der Waals surface area contributed by atoms with Crippen molar-refractivity contribution in [3.63, 3.8) is 0 Å². The Hall–Kier alpha value is -0.570. The van der Waals surface area contributed by atoms with Gasteiger partial charge in [-0.25, -0.2) is 0 Å². The summed E-state index contributed by atoms with van der Waals surface area (Å²) in [5.41, 5.74) is -0.809. The van der Waals surface area contributed by atoms with Gasteiger partial charge < -0.3 is 10.0 Å². The highest BCUT2D eigenvalue weighted by molar-refractivity contribution is 5.78. The lowest BCUT2D eigenvalue weighted by Gasteiger charge is -2.28. The zero-order chi connectivity index (χ0) is 11.4. The van der Waals surface area contributed by atoms with Gasteiger partial charge >= 0.3 is 0 Å². The van der Waals surface area contributed by atoms with Crippen LogP contribution in [0.25, 0.3) is 0 Å². The van der Waals surface area contributed by atoms with Gasteiger partial charge in [0, 0.05) is 19.5 Å². The van der Waals surface area contributed by atoms with Gasteiger partial charge in [0.05, 0.1) is 5.60 Å². The average Bonchev–Trinajstić information content (AvgIpc) is 2.03. The van der Waals surface area contributed by atoms with Gasteiger partial charge in [-0.1, -0.05) is 13.8 Å². The van der Waals surface area contributed by atoms with Crippen molar-refractivity contribution in [3.05, 3.63) is 0 Å². The Bertz CT molecular complexity index is 180. The molecular formula is C11H23NO2. The molecule has 3 nitrogen and oxygen atoms in total. The van der Waals surface area contributed by atoms with Gasteiger partial charge in [-0.2, -0.15) is 0 Å². The lowest BCUT2D eigenvalue weighted by molar-refractivity contribution is -0.137. The van der Waals surface area contributed by atoms with Gasteiger partial charge in [0.1, 0.15) is 0 Å². The summed E-state index contributed by atoms with van der Waals surface area (Å²) in [6.07, 6.45) is 1.73. The van der Waals surface area contributed by atoms with E-state index in [1.807, 2.05) is 13.8 Å². The van der Waals surface area contributed by atoms with E-state index >= 15 is 0 Å². The van der Waals surface area contributed by atoms with Crippen LogP contribution in [-0.2, 0) is 4.79 Å². The van der Waals surface area contributed by atoms with Gasteiger partial charge in [-0.05, 0) is 26.7 Å². The molecule has 84 valence electrons. The van der Waals surface area contributed by atoms with Crippen molar-refractivity contribution in [1.82, 2.24) is 4.90 Å². The zero-order valence-corrected chi connectivity index (χ0v) is 10.0. The molecule has 0 fully saturated rings. The van der Waals surface area contributed by atoms with E-state index in [0.717, 1.165) is 12.8 Å². The van der Waals surface area contributed by atoms with Gasteiger partial charge in [0.25, 0.3) is 0 Å². The van der Waals surface area contributed by atoms with Gasteiger partial charge in [0.15, 0.2) is 0 Å². The number of carbonyl (C=O) groups is 1. The maximum atomic E-state index is 11.8. The van der Waals surface area contributed by atoms with Gasteiger partial charge in [-0.3, -0.25) is 4.79 Å². The van der Waals surface area contributed by atoms with E-state index in [1.165, 1.54) is 0 Å². The van der Waals surface area contributed by atoms with Crippen LogP contribution in [0.3, 0.4) is 0 Å². The Morgan fingerprint density at radius 3 is 2.07 bits per heavy atom. The number of hydrogen-bond acceptors (Lipinski definition) is 2. The topological polar surface area (TPSA) is 40.5 Å². The molecular weight excluding hydrogens is 178 g/mol. The number of likely N-dealkylation sites (N-methyl/N-ethyl adjacent to an activating group) is 1. The maximum absolute atomic E-state index is 11.8. The van der Waals surface area contributed by atoms with Crippen molar-refractivity contribution >= 4 is 5.91 Å². The third kappa shape index (κ3) is 4.61. The number of amides is 1. The van der Waals surface area contributed by atoms with E-state index < -0.39 is 5.60 Å². The molecule has 0 aliphatic carbocycles. The Morgan fingerprint density at radius 1 is 1.36 bits per heavy atom. The van der Waals surface area contributed by atoms with Crippen LogP contribution in [0.4, 0.5) is 0 Å². The fraction of sp³-hybridized carbons (Fsp3) is 0.909. The van der Waals surface area contributed by atoms with Crippen LogP contribution < -0.4 is 0 Å². The lowest BCUT2D eigenvalue weighted by atomic mass is 10.0. The van der Waals surface area contributed by atoms with E-state index in [1.54, 1.807) is 25.8 Å². The highest BCUT2D eigenvalue weighted by atomic mass is 16.3. The maximum Gasteiger partial charge on any atom is 0.225 e. The Labute approximate surface area is 87.1 Å². The number of hydrogen-bond donors (Lipinski definition) is 1. The first-order chi connectivity index (χ1) is 6.31. The first-order valence-corrected chi connectivity index (χ1v) is 5.29. The van der Waals surface area contributed by atoms with Crippen molar-refractivity contribution in [2.45, 2.75) is 46.1 Å². The number of carbonyl (C=O) groups excluding carboxylic acids is 1. The van der Waals surface area contributed by atoms with Crippen molar-refractivity contribution in [2.24, 2.45) is 5.92 Å². The lowest BCUT2D eigenvalue weighted by Crippen LogP contribution is -2.42. The largest absolute Gasteiger partial charge is 0.389 e. The third-order valence-electron chi connectivity index (χ3n) is 2.34. The smallest absolute Gasteiger partial charge is 0.225 e. The molecule has 0 bridgehead atoms. The normalized spacial score (nSPS) is 11.9. The van der Waals surface area contributed by atoms with Crippen LogP contribution in [0.2, 0.25) is 0 Å². The van der Waals surface area contributed by atoms with E-state index in [-0.39, 0.29) is 11.8 Å². The highest BCUT2D eigenvalue weighted by Crippen LogP contribution is 2.13. The average molecular weight is 201 g/mol. The van der Waals surface area contributed by atoms with Crippen LogP contribution in [0.1, 0.15) is 40.5 Å². The molecule has 0 spiro atoms. The molecule has 0 rings (SSSR count). The summed E-state index contributed by atoms with van der Waals surface area (Å²) in [6.45, 7) is 7.85.